The van der Waals surface area contributed by atoms with Crippen LogP contribution in [0.3, 0.4) is 0 Å². The van der Waals surface area contributed by atoms with Crippen LogP contribution in [-0.4, -0.2) is 31.0 Å². The molecule has 0 spiro atoms. The van der Waals surface area contributed by atoms with Gasteiger partial charge in [-0.05, 0) is 43.0 Å². The third kappa shape index (κ3) is 6.27. The van der Waals surface area contributed by atoms with Crippen LogP contribution in [0.1, 0.15) is 49.7 Å². The molecule has 0 amide bonds. The summed E-state index contributed by atoms with van der Waals surface area (Å²) in [6.45, 7) is 10.6. The van der Waals surface area contributed by atoms with Crippen molar-refractivity contribution in [3.63, 3.8) is 0 Å². The standard InChI is InChI=1S/C26H25F3N6OS2/c1-6-15(2)9-20(38(36)34-18(5)26(27,28)29)8-7-17(4)23-22(12-31)21-10-16(3)13-32-24(21)35(23)25-33-19(11-30)14-37-25/h7-10,13-15,18,34H,4,6H2,1-3,5H3/b8-7-,20-9+/t15?,18-,38?/m0/s1. The van der Waals surface area contributed by atoms with Gasteiger partial charge in [-0.25, -0.2) is 18.9 Å². The number of nitrogens with zero attached hydrogens (tertiary/aromatic N) is 5. The van der Waals surface area contributed by atoms with Crippen LogP contribution >= 0.6 is 11.3 Å². The molecule has 198 valence electrons. The lowest BCUT2D eigenvalue weighted by molar-refractivity contribution is -0.146. The number of nitrogens with one attached hydrogen (secondary N) is 1. The molecule has 7 nitrogen and oxygen atoms in total. The first-order valence-corrected chi connectivity index (χ1v) is 13.5. The van der Waals surface area contributed by atoms with E-state index in [9.17, 15) is 27.9 Å². The monoisotopic (exact) mass is 558 g/mol. The van der Waals surface area contributed by atoms with Crippen molar-refractivity contribution >= 4 is 38.9 Å². The van der Waals surface area contributed by atoms with Crippen LogP contribution in [0.15, 0.2) is 47.4 Å². The zero-order valence-corrected chi connectivity index (χ0v) is 22.8. The number of alkyl halides is 3. The molecule has 3 rings (SSSR count). The van der Waals surface area contributed by atoms with Gasteiger partial charge in [-0.1, -0.05) is 39.0 Å². The SMILES string of the molecule is C=C(/C=C\C(=C/C(C)CC)S(=O)N[C@@H](C)C(F)(F)F)c1c(C#N)c2cc(C)cnc2n1-c1nc(C#N)cs1. The number of halogens is 3. The van der Waals surface area contributed by atoms with E-state index in [2.05, 4.69) is 27.3 Å². The Kier molecular flexibility index (Phi) is 9.05. The van der Waals surface area contributed by atoms with Gasteiger partial charge >= 0.3 is 6.18 Å². The fraction of sp³-hybridized carbons (Fsp3) is 0.308. The number of aromatic nitrogens is 3. The lowest BCUT2D eigenvalue weighted by atomic mass is 10.1. The van der Waals surface area contributed by atoms with Crippen molar-refractivity contribution in [2.45, 2.75) is 46.3 Å². The molecule has 2 unspecified atom stereocenters. The van der Waals surface area contributed by atoms with Crippen LogP contribution in [0.4, 0.5) is 13.2 Å². The molecule has 38 heavy (non-hydrogen) atoms. The predicted octanol–water partition coefficient (Wildman–Crippen LogP) is 6.24. The number of aryl methyl sites for hydroxylation is 1. The van der Waals surface area contributed by atoms with Gasteiger partial charge in [-0.3, -0.25) is 4.57 Å². The molecule has 0 saturated carbocycles. The quantitative estimate of drug-likeness (QED) is 0.313. The molecule has 0 saturated heterocycles. The number of pyridine rings is 1. The second-order valence-electron chi connectivity index (χ2n) is 8.64. The molecule has 1 N–H and O–H groups in total. The number of fused-ring (bicyclic) bond motifs is 1. The first-order chi connectivity index (χ1) is 17.9. The molecular weight excluding hydrogens is 533 g/mol. The zero-order chi connectivity index (χ0) is 28.2. The van der Waals surface area contributed by atoms with E-state index in [-0.39, 0.29) is 22.1 Å². The summed E-state index contributed by atoms with van der Waals surface area (Å²) in [5.74, 6) is -0.0529. The molecule has 0 aliphatic heterocycles. The van der Waals surface area contributed by atoms with Crippen molar-refractivity contribution in [2.75, 3.05) is 0 Å². The number of hydrogen-bond acceptors (Lipinski definition) is 6. The number of rotatable bonds is 9. The Morgan fingerprint density at radius 3 is 2.61 bits per heavy atom. The van der Waals surface area contributed by atoms with Gasteiger partial charge < -0.3 is 0 Å². The molecule has 3 aromatic heterocycles. The summed E-state index contributed by atoms with van der Waals surface area (Å²) in [4.78, 5) is 8.95. The fourth-order valence-electron chi connectivity index (χ4n) is 3.43. The van der Waals surface area contributed by atoms with E-state index in [1.165, 1.54) is 23.5 Å². The van der Waals surface area contributed by atoms with E-state index in [1.807, 2.05) is 32.9 Å². The number of nitriles is 2. The van der Waals surface area contributed by atoms with Gasteiger partial charge in [-0.15, -0.1) is 11.3 Å². The minimum Gasteiger partial charge on any atom is -0.268 e. The van der Waals surface area contributed by atoms with Crippen molar-refractivity contribution < 1.29 is 17.4 Å². The predicted molar refractivity (Wildman–Crippen MR) is 143 cm³/mol. The van der Waals surface area contributed by atoms with Crippen molar-refractivity contribution in [2.24, 2.45) is 5.92 Å². The summed E-state index contributed by atoms with van der Waals surface area (Å²) in [6.07, 6.45) is 2.35. The number of hydrogen-bond donors (Lipinski definition) is 1. The molecule has 3 atom stereocenters. The van der Waals surface area contributed by atoms with E-state index in [1.54, 1.807) is 22.2 Å². The maximum absolute atomic E-state index is 13.1. The third-order valence-electron chi connectivity index (χ3n) is 5.69. The highest BCUT2D eigenvalue weighted by molar-refractivity contribution is 7.87. The zero-order valence-electron chi connectivity index (χ0n) is 21.1. The van der Waals surface area contributed by atoms with Gasteiger partial charge in [0, 0.05) is 17.0 Å². The minimum absolute atomic E-state index is 0.0529. The van der Waals surface area contributed by atoms with Crippen LogP contribution in [0.2, 0.25) is 0 Å². The van der Waals surface area contributed by atoms with Crippen molar-refractivity contribution in [3.05, 3.63) is 69.9 Å². The minimum atomic E-state index is -4.56. The van der Waals surface area contributed by atoms with Gasteiger partial charge in [0.05, 0.1) is 16.2 Å². The van der Waals surface area contributed by atoms with Crippen LogP contribution in [-0.2, 0) is 11.0 Å². The van der Waals surface area contributed by atoms with Crippen LogP contribution in [0.5, 0.6) is 0 Å². The highest BCUT2D eigenvalue weighted by atomic mass is 32.2. The van der Waals surface area contributed by atoms with Gasteiger partial charge in [0.1, 0.15) is 34.8 Å². The van der Waals surface area contributed by atoms with E-state index in [0.29, 0.717) is 33.9 Å². The average molecular weight is 559 g/mol. The number of allylic oxidation sites excluding steroid dienone is 4. The first-order valence-electron chi connectivity index (χ1n) is 11.5. The van der Waals surface area contributed by atoms with E-state index in [0.717, 1.165) is 12.5 Å². The van der Waals surface area contributed by atoms with Gasteiger partial charge in [-0.2, -0.15) is 23.7 Å². The summed E-state index contributed by atoms with van der Waals surface area (Å²) in [5, 5.41) is 21.8. The third-order valence-corrected chi connectivity index (χ3v) is 7.78. The van der Waals surface area contributed by atoms with Crippen molar-refractivity contribution in [1.29, 1.82) is 10.5 Å². The smallest absolute Gasteiger partial charge is 0.268 e. The summed E-state index contributed by atoms with van der Waals surface area (Å²) in [5.41, 5.74) is 2.42. The molecule has 0 fully saturated rings. The van der Waals surface area contributed by atoms with E-state index in [4.69, 9.17) is 0 Å². The lowest BCUT2D eigenvalue weighted by Gasteiger charge is -2.17. The Bertz CT molecular complexity index is 1530. The summed E-state index contributed by atoms with van der Waals surface area (Å²) < 4.78 is 55.8. The van der Waals surface area contributed by atoms with Gasteiger partial charge in [0.2, 0.25) is 0 Å². The van der Waals surface area contributed by atoms with Crippen molar-refractivity contribution in [3.8, 4) is 17.3 Å². The Morgan fingerprint density at radius 1 is 1.32 bits per heavy atom. The molecule has 0 radical (unpaired) electrons. The molecule has 0 bridgehead atoms. The number of thiazole rings is 1. The Morgan fingerprint density at radius 2 is 2.03 bits per heavy atom. The first kappa shape index (κ1) is 29.0. The molecule has 3 heterocycles. The highest BCUT2D eigenvalue weighted by Gasteiger charge is 2.37. The lowest BCUT2D eigenvalue weighted by Crippen LogP contribution is -2.40. The normalized spacial score (nSPS) is 14.8. The Labute approximate surface area is 225 Å². The topological polar surface area (TPSA) is 107 Å². The molecule has 12 heteroatoms. The maximum atomic E-state index is 13.1. The van der Waals surface area contributed by atoms with Crippen LogP contribution < -0.4 is 4.72 Å². The summed E-state index contributed by atoms with van der Waals surface area (Å²) in [6, 6.07) is 4.00. The van der Waals surface area contributed by atoms with Crippen LogP contribution in [0, 0.1) is 35.5 Å². The fourth-order valence-corrected chi connectivity index (χ4v) is 5.32. The van der Waals surface area contributed by atoms with E-state index < -0.39 is 23.2 Å². The molecule has 0 aromatic carbocycles. The van der Waals surface area contributed by atoms with Crippen molar-refractivity contribution in [1.82, 2.24) is 19.3 Å². The van der Waals surface area contributed by atoms with Gasteiger partial charge in [0.15, 0.2) is 10.8 Å². The van der Waals surface area contributed by atoms with Gasteiger partial charge in [0.25, 0.3) is 0 Å². The maximum Gasteiger partial charge on any atom is 0.404 e. The second kappa shape index (κ2) is 11.9. The second-order valence-corrected chi connectivity index (χ2v) is 10.7. The summed E-state index contributed by atoms with van der Waals surface area (Å²) >= 11 is 1.19. The largest absolute Gasteiger partial charge is 0.404 e. The Hall–Kier alpha value is -3.58. The van der Waals surface area contributed by atoms with Crippen LogP contribution in [0.25, 0.3) is 21.7 Å². The molecular formula is C26H25F3N6OS2. The van der Waals surface area contributed by atoms with E-state index >= 15 is 0 Å². The molecule has 3 aromatic rings. The Balaban J connectivity index is 2.13. The molecule has 0 aliphatic rings. The molecule has 0 aliphatic carbocycles. The summed E-state index contributed by atoms with van der Waals surface area (Å²) in [7, 11) is -2.16. The average Bonchev–Trinajstić information content (AvgIpc) is 3.47. The highest BCUT2D eigenvalue weighted by Crippen LogP contribution is 2.34.